The van der Waals surface area contributed by atoms with Crippen LogP contribution in [0.25, 0.3) is 10.9 Å². The smallest absolute Gasteiger partial charge is 0.341 e. The molecule has 3 aromatic rings. The summed E-state index contributed by atoms with van der Waals surface area (Å²) in [4.78, 5) is 42.5. The standard InChI is InChI=1S/C23H24N4O5/c1-24-22(29)16-9-10-17-18(15(16)11-12-28)20(19(23(30)31)21(26-17)27(2)3)25-13-5-7-14(32-4)8-6-13/h5-10,12H,11H2,1-4H3,(H,24,29)(H,25,26)(H,30,31). The van der Waals surface area contributed by atoms with E-state index < -0.39 is 5.97 Å². The second-order valence-electron chi connectivity index (χ2n) is 7.17. The third kappa shape index (κ3) is 4.18. The fourth-order valence-electron chi connectivity index (χ4n) is 3.53. The van der Waals surface area contributed by atoms with E-state index in [1.807, 2.05) is 0 Å². The lowest BCUT2D eigenvalue weighted by Crippen LogP contribution is -2.21. The number of anilines is 3. The van der Waals surface area contributed by atoms with Crippen LogP contribution in [0.15, 0.2) is 36.4 Å². The van der Waals surface area contributed by atoms with E-state index in [0.29, 0.717) is 34.2 Å². The molecule has 0 fully saturated rings. The zero-order valence-electron chi connectivity index (χ0n) is 18.2. The molecule has 0 unspecified atom stereocenters. The number of carbonyl (C=O) groups excluding carboxylic acids is 2. The highest BCUT2D eigenvalue weighted by atomic mass is 16.5. The first kappa shape index (κ1) is 22.5. The van der Waals surface area contributed by atoms with Crippen molar-refractivity contribution in [1.29, 1.82) is 0 Å². The number of carbonyl (C=O) groups is 3. The first-order chi connectivity index (χ1) is 15.3. The summed E-state index contributed by atoms with van der Waals surface area (Å²) in [5, 5.41) is 16.2. The van der Waals surface area contributed by atoms with Crippen LogP contribution in [0.3, 0.4) is 0 Å². The van der Waals surface area contributed by atoms with Crippen LogP contribution >= 0.6 is 0 Å². The van der Waals surface area contributed by atoms with Crippen LogP contribution in [0.2, 0.25) is 0 Å². The van der Waals surface area contributed by atoms with Crippen molar-refractivity contribution in [2.24, 2.45) is 0 Å². The topological polar surface area (TPSA) is 121 Å². The number of nitrogens with one attached hydrogen (secondary N) is 2. The van der Waals surface area contributed by atoms with Gasteiger partial charge in [0.25, 0.3) is 5.91 Å². The van der Waals surface area contributed by atoms with Crippen LogP contribution in [-0.2, 0) is 11.2 Å². The zero-order chi connectivity index (χ0) is 23.4. The van der Waals surface area contributed by atoms with E-state index in [2.05, 4.69) is 15.6 Å². The Labute approximate surface area is 185 Å². The molecule has 1 aromatic heterocycles. The number of hydrogen-bond donors (Lipinski definition) is 3. The Morgan fingerprint density at radius 3 is 2.38 bits per heavy atom. The molecule has 1 heterocycles. The molecule has 3 N–H and O–H groups in total. The summed E-state index contributed by atoms with van der Waals surface area (Å²) in [5.41, 5.74) is 1.92. The molecule has 0 aliphatic heterocycles. The van der Waals surface area contributed by atoms with Crippen molar-refractivity contribution in [3.05, 3.63) is 53.1 Å². The number of amides is 1. The fraction of sp³-hybridized carbons (Fsp3) is 0.217. The third-order valence-corrected chi connectivity index (χ3v) is 5.00. The molecular formula is C23H24N4O5. The second kappa shape index (κ2) is 9.34. The Kier molecular flexibility index (Phi) is 6.58. The van der Waals surface area contributed by atoms with E-state index in [0.717, 1.165) is 0 Å². The van der Waals surface area contributed by atoms with Crippen molar-refractivity contribution >= 4 is 46.3 Å². The molecule has 0 aliphatic carbocycles. The Morgan fingerprint density at radius 2 is 1.84 bits per heavy atom. The minimum atomic E-state index is -1.19. The van der Waals surface area contributed by atoms with Gasteiger partial charge in [-0.15, -0.1) is 0 Å². The lowest BCUT2D eigenvalue weighted by molar-refractivity contribution is -0.107. The highest BCUT2D eigenvalue weighted by Crippen LogP contribution is 2.38. The van der Waals surface area contributed by atoms with Gasteiger partial charge in [-0.2, -0.15) is 0 Å². The van der Waals surface area contributed by atoms with Gasteiger partial charge >= 0.3 is 5.97 Å². The highest BCUT2D eigenvalue weighted by molar-refractivity contribution is 6.13. The summed E-state index contributed by atoms with van der Waals surface area (Å²) in [6.45, 7) is 0. The van der Waals surface area contributed by atoms with Crippen LogP contribution in [-0.4, -0.2) is 56.5 Å². The normalized spacial score (nSPS) is 10.5. The van der Waals surface area contributed by atoms with E-state index >= 15 is 0 Å². The number of aldehydes is 1. The van der Waals surface area contributed by atoms with Crippen molar-refractivity contribution in [2.45, 2.75) is 6.42 Å². The summed E-state index contributed by atoms with van der Waals surface area (Å²) in [6.07, 6.45) is 0.595. The minimum Gasteiger partial charge on any atom is -0.497 e. The largest absolute Gasteiger partial charge is 0.497 e. The quantitative estimate of drug-likeness (QED) is 0.461. The molecule has 32 heavy (non-hydrogen) atoms. The number of hydrogen-bond acceptors (Lipinski definition) is 7. The summed E-state index contributed by atoms with van der Waals surface area (Å²) >= 11 is 0. The van der Waals surface area contributed by atoms with Gasteiger partial charge in [-0.1, -0.05) is 0 Å². The third-order valence-electron chi connectivity index (χ3n) is 5.00. The number of nitrogens with zero attached hydrogens (tertiary/aromatic N) is 2. The Bertz CT molecular complexity index is 1190. The predicted octanol–water partition coefficient (Wildman–Crippen LogP) is 2.85. The minimum absolute atomic E-state index is 0.0699. The average molecular weight is 436 g/mol. The molecule has 0 spiro atoms. The maximum absolute atomic E-state index is 12.5. The van der Waals surface area contributed by atoms with Crippen molar-refractivity contribution < 1.29 is 24.2 Å². The number of aromatic nitrogens is 1. The maximum Gasteiger partial charge on any atom is 0.341 e. The molecule has 9 heteroatoms. The van der Waals surface area contributed by atoms with Crippen LogP contribution in [0.1, 0.15) is 26.3 Å². The number of methoxy groups -OCH3 is 1. The Morgan fingerprint density at radius 1 is 1.16 bits per heavy atom. The van der Waals surface area contributed by atoms with E-state index in [1.165, 1.54) is 7.05 Å². The Balaban J connectivity index is 2.43. The van der Waals surface area contributed by atoms with E-state index in [4.69, 9.17) is 4.74 Å². The number of rotatable bonds is 8. The first-order valence-electron chi connectivity index (χ1n) is 9.79. The zero-order valence-corrected chi connectivity index (χ0v) is 18.2. The summed E-state index contributed by atoms with van der Waals surface area (Å²) < 4.78 is 5.19. The number of carboxylic acids is 1. The highest BCUT2D eigenvalue weighted by Gasteiger charge is 2.26. The lowest BCUT2D eigenvalue weighted by Gasteiger charge is -2.22. The number of ether oxygens (including phenoxy) is 1. The summed E-state index contributed by atoms with van der Waals surface area (Å²) in [7, 11) is 6.44. The average Bonchev–Trinajstić information content (AvgIpc) is 2.78. The molecule has 2 aromatic carbocycles. The lowest BCUT2D eigenvalue weighted by atomic mass is 9.95. The van der Waals surface area contributed by atoms with Gasteiger partial charge in [0.05, 0.1) is 18.3 Å². The molecule has 166 valence electrons. The van der Waals surface area contributed by atoms with Gasteiger partial charge < -0.3 is 30.2 Å². The Hall–Kier alpha value is -4.14. The number of carboxylic acid groups (broad SMARTS) is 1. The van der Waals surface area contributed by atoms with Crippen molar-refractivity contribution in [1.82, 2.24) is 10.3 Å². The van der Waals surface area contributed by atoms with Gasteiger partial charge in [-0.3, -0.25) is 4.79 Å². The molecule has 0 saturated heterocycles. The van der Waals surface area contributed by atoms with Gasteiger partial charge in [0, 0.05) is 44.2 Å². The van der Waals surface area contributed by atoms with Gasteiger partial charge in [0.2, 0.25) is 0 Å². The monoisotopic (exact) mass is 436 g/mol. The van der Waals surface area contributed by atoms with E-state index in [-0.39, 0.29) is 35.0 Å². The summed E-state index contributed by atoms with van der Waals surface area (Å²) in [6, 6.07) is 10.2. The number of pyridine rings is 1. The predicted molar refractivity (Wildman–Crippen MR) is 122 cm³/mol. The van der Waals surface area contributed by atoms with Gasteiger partial charge in [-0.05, 0) is 42.0 Å². The van der Waals surface area contributed by atoms with Gasteiger partial charge in [0.15, 0.2) is 0 Å². The number of fused-ring (bicyclic) bond motifs is 1. The molecule has 1 amide bonds. The van der Waals surface area contributed by atoms with Crippen LogP contribution in [0.4, 0.5) is 17.2 Å². The van der Waals surface area contributed by atoms with Crippen molar-refractivity contribution in [3.8, 4) is 5.75 Å². The van der Waals surface area contributed by atoms with E-state index in [1.54, 1.807) is 62.5 Å². The SMILES string of the molecule is CNC(=O)c1ccc2nc(N(C)C)c(C(=O)O)c(Nc3ccc(OC)cc3)c2c1CC=O. The van der Waals surface area contributed by atoms with Crippen molar-refractivity contribution in [2.75, 3.05) is 38.5 Å². The number of aromatic carboxylic acids is 1. The van der Waals surface area contributed by atoms with E-state index in [9.17, 15) is 19.5 Å². The second-order valence-corrected chi connectivity index (χ2v) is 7.17. The van der Waals surface area contributed by atoms with Crippen molar-refractivity contribution in [3.63, 3.8) is 0 Å². The van der Waals surface area contributed by atoms with Crippen LogP contribution < -0.4 is 20.3 Å². The molecule has 9 nitrogen and oxygen atoms in total. The molecular weight excluding hydrogens is 412 g/mol. The van der Waals surface area contributed by atoms with Crippen LogP contribution in [0.5, 0.6) is 5.75 Å². The molecule has 0 radical (unpaired) electrons. The van der Waals surface area contributed by atoms with Gasteiger partial charge in [-0.25, -0.2) is 9.78 Å². The maximum atomic E-state index is 12.5. The van der Waals surface area contributed by atoms with Gasteiger partial charge in [0.1, 0.15) is 23.4 Å². The fourth-order valence-corrected chi connectivity index (χ4v) is 3.53. The van der Waals surface area contributed by atoms with Crippen LogP contribution in [0, 0.1) is 0 Å². The molecule has 0 bridgehead atoms. The molecule has 3 rings (SSSR count). The number of benzene rings is 2. The molecule has 0 aliphatic rings. The first-order valence-corrected chi connectivity index (χ1v) is 9.79. The molecule has 0 atom stereocenters. The summed E-state index contributed by atoms with van der Waals surface area (Å²) in [5.74, 6) is -0.689. The molecule has 0 saturated carbocycles.